The summed E-state index contributed by atoms with van der Waals surface area (Å²) >= 11 is 0. The summed E-state index contributed by atoms with van der Waals surface area (Å²) in [5.74, 6) is 1.12. The van der Waals surface area contributed by atoms with Gasteiger partial charge in [0.25, 0.3) is 0 Å². The molecule has 0 radical (unpaired) electrons. The Labute approximate surface area is 128 Å². The van der Waals surface area contributed by atoms with Crippen molar-refractivity contribution in [3.63, 3.8) is 0 Å². The van der Waals surface area contributed by atoms with E-state index in [1.54, 1.807) is 0 Å². The molecule has 0 saturated carbocycles. The minimum Gasteiger partial charge on any atom is -0.493 e. The van der Waals surface area contributed by atoms with E-state index in [1.165, 1.54) is 62.9 Å². The molecule has 21 heavy (non-hydrogen) atoms. The molecule has 0 aromatic heterocycles. The smallest absolute Gasteiger partial charge is 0.122 e. The van der Waals surface area contributed by atoms with Crippen LogP contribution in [0, 0.1) is 0 Å². The van der Waals surface area contributed by atoms with Gasteiger partial charge in [0.05, 0.1) is 6.61 Å². The largest absolute Gasteiger partial charge is 0.493 e. The van der Waals surface area contributed by atoms with Crippen molar-refractivity contribution in [1.82, 2.24) is 10.2 Å². The standard InChI is InChI=1S/C18H28N2O/c1-2-11-20(12-3-1)13-4-5-14-21-18-8-6-7-16-15-19-10-9-17(16)18/h6-8,19H,1-5,9-15H2. The second kappa shape index (κ2) is 7.81. The van der Waals surface area contributed by atoms with Gasteiger partial charge in [0.15, 0.2) is 0 Å². The molecule has 1 aromatic rings. The van der Waals surface area contributed by atoms with Crippen molar-refractivity contribution in [1.29, 1.82) is 0 Å². The number of nitrogens with zero attached hydrogens (tertiary/aromatic N) is 1. The first-order chi connectivity index (χ1) is 10.4. The molecule has 0 aliphatic carbocycles. The van der Waals surface area contributed by atoms with Crippen molar-refractivity contribution in [2.75, 3.05) is 32.8 Å². The number of fused-ring (bicyclic) bond motifs is 1. The monoisotopic (exact) mass is 288 g/mol. The number of rotatable bonds is 6. The number of piperidine rings is 1. The molecule has 116 valence electrons. The van der Waals surface area contributed by atoms with Crippen LogP contribution in [-0.2, 0) is 13.0 Å². The molecule has 1 saturated heterocycles. The summed E-state index contributed by atoms with van der Waals surface area (Å²) < 4.78 is 6.05. The lowest BCUT2D eigenvalue weighted by Gasteiger charge is -2.26. The molecule has 3 rings (SSSR count). The molecule has 0 amide bonds. The third kappa shape index (κ3) is 4.21. The van der Waals surface area contributed by atoms with E-state index in [0.29, 0.717) is 0 Å². The second-order valence-electron chi connectivity index (χ2n) is 6.28. The van der Waals surface area contributed by atoms with E-state index in [0.717, 1.165) is 31.9 Å². The van der Waals surface area contributed by atoms with Crippen molar-refractivity contribution in [3.8, 4) is 5.75 Å². The van der Waals surface area contributed by atoms with Gasteiger partial charge in [-0.2, -0.15) is 0 Å². The number of nitrogens with one attached hydrogen (secondary N) is 1. The molecule has 2 heterocycles. The first kappa shape index (κ1) is 14.9. The van der Waals surface area contributed by atoms with Gasteiger partial charge in [-0.15, -0.1) is 0 Å². The Kier molecular flexibility index (Phi) is 5.53. The zero-order valence-electron chi connectivity index (χ0n) is 13.1. The number of hydrogen-bond acceptors (Lipinski definition) is 3. The van der Waals surface area contributed by atoms with Crippen LogP contribution in [0.3, 0.4) is 0 Å². The van der Waals surface area contributed by atoms with Crippen LogP contribution in [-0.4, -0.2) is 37.7 Å². The predicted octanol–water partition coefficient (Wildman–Crippen LogP) is 2.98. The Bertz CT molecular complexity index is 441. The Morgan fingerprint density at radius 2 is 2.00 bits per heavy atom. The van der Waals surface area contributed by atoms with Crippen molar-refractivity contribution in [3.05, 3.63) is 29.3 Å². The summed E-state index contributed by atoms with van der Waals surface area (Å²) in [6.45, 7) is 6.78. The number of ether oxygens (including phenoxy) is 1. The molecule has 1 N–H and O–H groups in total. The fraction of sp³-hybridized carbons (Fsp3) is 0.667. The lowest BCUT2D eigenvalue weighted by Crippen LogP contribution is -2.30. The lowest BCUT2D eigenvalue weighted by molar-refractivity contribution is 0.215. The molecule has 0 unspecified atom stereocenters. The average molecular weight is 288 g/mol. The SMILES string of the molecule is c1cc2c(c(OCCCCN3CCCCC3)c1)CCNC2. The maximum absolute atomic E-state index is 6.05. The highest BCUT2D eigenvalue weighted by molar-refractivity contribution is 5.41. The molecule has 1 aromatic carbocycles. The summed E-state index contributed by atoms with van der Waals surface area (Å²) in [5, 5.41) is 3.42. The Hall–Kier alpha value is -1.06. The van der Waals surface area contributed by atoms with Gasteiger partial charge >= 0.3 is 0 Å². The topological polar surface area (TPSA) is 24.5 Å². The normalized spacial score (nSPS) is 19.2. The van der Waals surface area contributed by atoms with Crippen molar-refractivity contribution in [2.45, 2.75) is 45.1 Å². The van der Waals surface area contributed by atoms with Crippen molar-refractivity contribution in [2.24, 2.45) is 0 Å². The molecule has 0 bridgehead atoms. The fourth-order valence-corrected chi connectivity index (χ4v) is 3.43. The van der Waals surface area contributed by atoms with E-state index >= 15 is 0 Å². The van der Waals surface area contributed by atoms with E-state index in [-0.39, 0.29) is 0 Å². The van der Waals surface area contributed by atoms with E-state index in [9.17, 15) is 0 Å². The third-order valence-electron chi connectivity index (χ3n) is 4.67. The van der Waals surface area contributed by atoms with Crippen molar-refractivity contribution < 1.29 is 4.74 Å². The average Bonchev–Trinajstić information content (AvgIpc) is 2.56. The summed E-state index contributed by atoms with van der Waals surface area (Å²) in [6.07, 6.45) is 7.73. The van der Waals surface area contributed by atoms with Gasteiger partial charge in [0, 0.05) is 6.54 Å². The Morgan fingerprint density at radius 1 is 1.10 bits per heavy atom. The Morgan fingerprint density at radius 3 is 2.90 bits per heavy atom. The van der Waals surface area contributed by atoms with Crippen LogP contribution >= 0.6 is 0 Å². The minimum atomic E-state index is 0.859. The molecule has 3 nitrogen and oxygen atoms in total. The minimum absolute atomic E-state index is 0.859. The summed E-state index contributed by atoms with van der Waals surface area (Å²) in [5.41, 5.74) is 2.83. The molecular formula is C18H28N2O. The zero-order valence-corrected chi connectivity index (χ0v) is 13.1. The zero-order chi connectivity index (χ0) is 14.3. The highest BCUT2D eigenvalue weighted by atomic mass is 16.5. The molecular weight excluding hydrogens is 260 g/mol. The molecule has 1 fully saturated rings. The quantitative estimate of drug-likeness (QED) is 0.815. The maximum atomic E-state index is 6.05. The number of hydrogen-bond donors (Lipinski definition) is 1. The van der Waals surface area contributed by atoms with Crippen LogP contribution in [0.1, 0.15) is 43.2 Å². The third-order valence-corrected chi connectivity index (χ3v) is 4.67. The first-order valence-corrected chi connectivity index (χ1v) is 8.60. The van der Waals surface area contributed by atoms with Gasteiger partial charge in [-0.1, -0.05) is 18.6 Å². The van der Waals surface area contributed by atoms with Crippen LogP contribution < -0.4 is 10.1 Å². The van der Waals surface area contributed by atoms with Crippen LogP contribution in [0.4, 0.5) is 0 Å². The van der Waals surface area contributed by atoms with E-state index in [1.807, 2.05) is 0 Å². The van der Waals surface area contributed by atoms with Gasteiger partial charge in [0.2, 0.25) is 0 Å². The van der Waals surface area contributed by atoms with Crippen molar-refractivity contribution >= 4 is 0 Å². The highest BCUT2D eigenvalue weighted by Crippen LogP contribution is 2.25. The number of benzene rings is 1. The summed E-state index contributed by atoms with van der Waals surface area (Å²) in [4.78, 5) is 2.61. The van der Waals surface area contributed by atoms with E-state index in [2.05, 4.69) is 28.4 Å². The second-order valence-corrected chi connectivity index (χ2v) is 6.28. The van der Waals surface area contributed by atoms with Crippen LogP contribution in [0.15, 0.2) is 18.2 Å². The van der Waals surface area contributed by atoms with E-state index in [4.69, 9.17) is 4.74 Å². The van der Waals surface area contributed by atoms with Gasteiger partial charge in [-0.05, 0) is 75.5 Å². The maximum Gasteiger partial charge on any atom is 0.122 e. The predicted molar refractivity (Wildman–Crippen MR) is 86.9 cm³/mol. The summed E-state index contributed by atoms with van der Waals surface area (Å²) in [6, 6.07) is 6.47. The lowest BCUT2D eigenvalue weighted by atomic mass is 10.0. The summed E-state index contributed by atoms with van der Waals surface area (Å²) in [7, 11) is 0. The molecule has 0 atom stereocenters. The van der Waals surface area contributed by atoms with Gasteiger partial charge < -0.3 is 15.0 Å². The van der Waals surface area contributed by atoms with Gasteiger partial charge in [-0.25, -0.2) is 0 Å². The highest BCUT2D eigenvalue weighted by Gasteiger charge is 2.13. The van der Waals surface area contributed by atoms with Gasteiger partial charge in [0.1, 0.15) is 5.75 Å². The number of likely N-dealkylation sites (tertiary alicyclic amines) is 1. The van der Waals surface area contributed by atoms with Gasteiger partial charge in [-0.3, -0.25) is 0 Å². The Balaban J connectivity index is 1.39. The van der Waals surface area contributed by atoms with Crippen LogP contribution in [0.2, 0.25) is 0 Å². The fourth-order valence-electron chi connectivity index (χ4n) is 3.43. The molecule has 3 heteroatoms. The molecule has 2 aliphatic rings. The first-order valence-electron chi connectivity index (χ1n) is 8.60. The van der Waals surface area contributed by atoms with E-state index < -0.39 is 0 Å². The molecule has 0 spiro atoms. The molecule has 2 aliphatic heterocycles. The number of unbranched alkanes of at least 4 members (excludes halogenated alkanes) is 1. The van der Waals surface area contributed by atoms with Crippen LogP contribution in [0.25, 0.3) is 0 Å². The van der Waals surface area contributed by atoms with Crippen LogP contribution in [0.5, 0.6) is 5.75 Å².